The molecule has 0 spiro atoms. The van der Waals surface area contributed by atoms with Gasteiger partial charge in [0.05, 0.1) is 12.3 Å². The van der Waals surface area contributed by atoms with Crippen molar-refractivity contribution < 1.29 is 13.5 Å². The van der Waals surface area contributed by atoms with Gasteiger partial charge in [0.15, 0.2) is 0 Å². The molecule has 0 fully saturated rings. The van der Waals surface area contributed by atoms with Crippen LogP contribution in [0, 0.1) is 5.82 Å². The van der Waals surface area contributed by atoms with E-state index in [-0.39, 0.29) is 11.7 Å². The predicted molar refractivity (Wildman–Crippen MR) is 96.0 cm³/mol. The van der Waals surface area contributed by atoms with Gasteiger partial charge in [0.25, 0.3) is 0 Å². The first-order chi connectivity index (χ1) is 12.0. The van der Waals surface area contributed by atoms with Crippen LogP contribution in [0.4, 0.5) is 10.1 Å². The monoisotopic (exact) mass is 340 g/mol. The van der Waals surface area contributed by atoms with E-state index in [1.807, 2.05) is 12.1 Å². The fraction of sp³-hybridized carbons (Fsp3) is 0.250. The van der Waals surface area contributed by atoms with Crippen LogP contribution in [0.2, 0.25) is 0 Å². The molecule has 1 heterocycles. The fourth-order valence-electron chi connectivity index (χ4n) is 2.54. The molecule has 5 heteroatoms. The Bertz CT molecular complexity index is 824. The summed E-state index contributed by atoms with van der Waals surface area (Å²) in [5, 5.41) is 0. The minimum atomic E-state index is -0.281. The smallest absolute Gasteiger partial charge is 0.226 e. The maximum Gasteiger partial charge on any atom is 0.226 e. The molecular formula is C20H21FN2O2. The molecule has 0 atom stereocenters. The fourth-order valence-corrected chi connectivity index (χ4v) is 2.54. The number of nitrogens with two attached hydrogens (primary N) is 1. The molecule has 1 aromatic heterocycles. The molecule has 0 aliphatic heterocycles. The van der Waals surface area contributed by atoms with Crippen molar-refractivity contribution >= 4 is 5.69 Å². The molecule has 0 amide bonds. The number of rotatable bonds is 6. The Balaban J connectivity index is 1.73. The predicted octanol–water partition coefficient (Wildman–Crippen LogP) is 4.81. The van der Waals surface area contributed by atoms with Gasteiger partial charge < -0.3 is 14.9 Å². The number of hydrogen-bond acceptors (Lipinski definition) is 4. The topological polar surface area (TPSA) is 61.3 Å². The lowest BCUT2D eigenvalue weighted by atomic mass is 10.1. The molecule has 0 aliphatic rings. The normalized spacial score (nSPS) is 11.0. The van der Waals surface area contributed by atoms with Crippen molar-refractivity contribution in [3.63, 3.8) is 0 Å². The second-order valence-corrected chi connectivity index (χ2v) is 6.16. The zero-order chi connectivity index (χ0) is 17.8. The number of oxazole rings is 1. The Kier molecular flexibility index (Phi) is 5.03. The number of nitrogens with zero attached hydrogens (tertiary/aromatic N) is 1. The van der Waals surface area contributed by atoms with Gasteiger partial charge in [-0.05, 0) is 48.5 Å². The quantitative estimate of drug-likeness (QED) is 0.654. The van der Waals surface area contributed by atoms with Crippen molar-refractivity contribution in [3.05, 3.63) is 65.8 Å². The van der Waals surface area contributed by atoms with Crippen LogP contribution in [0.1, 0.15) is 31.2 Å². The van der Waals surface area contributed by atoms with E-state index in [0.29, 0.717) is 24.6 Å². The summed E-state index contributed by atoms with van der Waals surface area (Å²) < 4.78 is 24.8. The summed E-state index contributed by atoms with van der Waals surface area (Å²) >= 11 is 0. The Morgan fingerprint density at radius 3 is 2.40 bits per heavy atom. The molecule has 3 aromatic rings. The van der Waals surface area contributed by atoms with Gasteiger partial charge in [-0.15, -0.1) is 0 Å². The highest BCUT2D eigenvalue weighted by Crippen LogP contribution is 2.27. The van der Waals surface area contributed by atoms with Crippen molar-refractivity contribution in [1.29, 1.82) is 0 Å². The van der Waals surface area contributed by atoms with E-state index in [9.17, 15) is 4.39 Å². The SMILES string of the molecule is CC(C)c1oc(-c2ccc(F)cc2)nc1CCOc1ccc(N)cc1. The van der Waals surface area contributed by atoms with Crippen LogP contribution >= 0.6 is 0 Å². The van der Waals surface area contributed by atoms with E-state index in [1.165, 1.54) is 12.1 Å². The zero-order valence-electron chi connectivity index (χ0n) is 14.3. The van der Waals surface area contributed by atoms with Gasteiger partial charge in [0, 0.05) is 23.6 Å². The number of anilines is 1. The highest BCUT2D eigenvalue weighted by molar-refractivity contribution is 5.53. The second kappa shape index (κ2) is 7.38. The Morgan fingerprint density at radius 2 is 1.76 bits per heavy atom. The molecule has 0 unspecified atom stereocenters. The third kappa shape index (κ3) is 4.18. The molecule has 0 bridgehead atoms. The van der Waals surface area contributed by atoms with Crippen LogP contribution < -0.4 is 10.5 Å². The van der Waals surface area contributed by atoms with Gasteiger partial charge in [0.1, 0.15) is 17.3 Å². The van der Waals surface area contributed by atoms with Gasteiger partial charge >= 0.3 is 0 Å². The summed E-state index contributed by atoms with van der Waals surface area (Å²) in [6, 6.07) is 13.4. The molecule has 2 aromatic carbocycles. The maximum atomic E-state index is 13.1. The molecule has 0 aliphatic carbocycles. The first kappa shape index (κ1) is 17.0. The standard InChI is InChI=1S/C20H21FN2O2/c1-13(2)19-18(11-12-24-17-9-7-16(22)8-10-17)23-20(25-19)14-3-5-15(21)6-4-14/h3-10,13H,11-12,22H2,1-2H3. The number of ether oxygens (including phenoxy) is 1. The first-order valence-electron chi connectivity index (χ1n) is 8.27. The average molecular weight is 340 g/mol. The third-order valence-corrected chi connectivity index (χ3v) is 3.83. The van der Waals surface area contributed by atoms with Crippen LogP contribution in [0.25, 0.3) is 11.5 Å². The summed E-state index contributed by atoms with van der Waals surface area (Å²) in [6.45, 7) is 4.59. The van der Waals surface area contributed by atoms with Crippen molar-refractivity contribution in [2.24, 2.45) is 0 Å². The maximum absolute atomic E-state index is 13.1. The lowest BCUT2D eigenvalue weighted by Crippen LogP contribution is -2.04. The van der Waals surface area contributed by atoms with Crippen LogP contribution in [-0.2, 0) is 6.42 Å². The molecule has 0 radical (unpaired) electrons. The summed E-state index contributed by atoms with van der Waals surface area (Å²) in [4.78, 5) is 4.59. The van der Waals surface area contributed by atoms with Crippen molar-refractivity contribution in [2.45, 2.75) is 26.2 Å². The summed E-state index contributed by atoms with van der Waals surface area (Å²) in [7, 11) is 0. The number of benzene rings is 2. The van der Waals surface area contributed by atoms with Crippen molar-refractivity contribution in [1.82, 2.24) is 4.98 Å². The van der Waals surface area contributed by atoms with Crippen molar-refractivity contribution in [2.75, 3.05) is 12.3 Å². The van der Waals surface area contributed by atoms with Gasteiger partial charge in [-0.2, -0.15) is 0 Å². The Hall–Kier alpha value is -2.82. The summed E-state index contributed by atoms with van der Waals surface area (Å²) in [5.41, 5.74) is 7.99. The van der Waals surface area contributed by atoms with E-state index >= 15 is 0 Å². The van der Waals surface area contributed by atoms with Gasteiger partial charge in [-0.3, -0.25) is 0 Å². The highest BCUT2D eigenvalue weighted by Gasteiger charge is 2.17. The molecule has 0 saturated heterocycles. The van der Waals surface area contributed by atoms with Crippen LogP contribution in [0.15, 0.2) is 52.9 Å². The van der Waals surface area contributed by atoms with Crippen LogP contribution in [0.3, 0.4) is 0 Å². The molecular weight excluding hydrogens is 319 g/mol. The summed E-state index contributed by atoms with van der Waals surface area (Å²) in [5.74, 6) is 2.03. The van der Waals surface area contributed by atoms with E-state index < -0.39 is 0 Å². The average Bonchev–Trinajstić information content (AvgIpc) is 3.02. The van der Waals surface area contributed by atoms with E-state index in [0.717, 1.165) is 22.8 Å². The zero-order valence-corrected chi connectivity index (χ0v) is 14.3. The van der Waals surface area contributed by atoms with Crippen molar-refractivity contribution in [3.8, 4) is 17.2 Å². The molecule has 130 valence electrons. The van der Waals surface area contributed by atoms with Crippen LogP contribution in [-0.4, -0.2) is 11.6 Å². The number of aromatic nitrogens is 1. The minimum Gasteiger partial charge on any atom is -0.493 e. The second-order valence-electron chi connectivity index (χ2n) is 6.16. The molecule has 4 nitrogen and oxygen atoms in total. The molecule has 0 saturated carbocycles. The number of hydrogen-bond donors (Lipinski definition) is 1. The molecule has 3 rings (SSSR count). The highest BCUT2D eigenvalue weighted by atomic mass is 19.1. The van der Waals surface area contributed by atoms with Gasteiger partial charge in [0.2, 0.25) is 5.89 Å². The minimum absolute atomic E-state index is 0.202. The van der Waals surface area contributed by atoms with E-state index in [2.05, 4.69) is 18.8 Å². The number of nitrogen functional groups attached to an aromatic ring is 1. The van der Waals surface area contributed by atoms with Gasteiger partial charge in [-0.1, -0.05) is 13.8 Å². The molecule has 25 heavy (non-hydrogen) atoms. The number of halogens is 1. The van der Waals surface area contributed by atoms with Crippen LogP contribution in [0.5, 0.6) is 5.75 Å². The summed E-state index contributed by atoms with van der Waals surface area (Å²) in [6.07, 6.45) is 0.628. The van der Waals surface area contributed by atoms with E-state index in [4.69, 9.17) is 14.9 Å². The van der Waals surface area contributed by atoms with Gasteiger partial charge in [-0.25, -0.2) is 9.37 Å². The Labute approximate surface area is 146 Å². The Morgan fingerprint density at radius 1 is 1.08 bits per heavy atom. The molecule has 2 N–H and O–H groups in total. The first-order valence-corrected chi connectivity index (χ1v) is 8.27. The lowest BCUT2D eigenvalue weighted by molar-refractivity contribution is 0.319. The largest absolute Gasteiger partial charge is 0.493 e. The third-order valence-electron chi connectivity index (χ3n) is 3.83. The lowest BCUT2D eigenvalue weighted by Gasteiger charge is -2.07. The van der Waals surface area contributed by atoms with E-state index in [1.54, 1.807) is 24.3 Å².